The highest BCUT2D eigenvalue weighted by molar-refractivity contribution is 5.85. The first-order valence-electron chi connectivity index (χ1n) is 5.21. The first-order valence-corrected chi connectivity index (χ1v) is 5.21. The van der Waals surface area contributed by atoms with Crippen LogP contribution in [0.4, 0.5) is 5.82 Å². The number of carbonyl (C=O) groups excluding carboxylic acids is 1. The maximum atomic E-state index is 11.3. The van der Waals surface area contributed by atoms with Gasteiger partial charge in [-0.3, -0.25) is 9.78 Å². The molecule has 1 atom stereocenters. The molecule has 0 saturated heterocycles. The Morgan fingerprint density at radius 3 is 2.67 bits per heavy atom. The molecule has 0 saturated carbocycles. The van der Waals surface area contributed by atoms with Crippen LogP contribution in [0.2, 0.25) is 0 Å². The van der Waals surface area contributed by atoms with Crippen LogP contribution in [-0.2, 0) is 4.79 Å². The third-order valence-electron chi connectivity index (χ3n) is 2.09. The summed E-state index contributed by atoms with van der Waals surface area (Å²) in [5, 5.41) is 5.81. The maximum Gasteiger partial charge on any atom is 0.224 e. The van der Waals surface area contributed by atoms with Gasteiger partial charge in [0, 0.05) is 37.9 Å². The first kappa shape index (κ1) is 19.2. The number of hydrogen-bond acceptors (Lipinski definition) is 5. The molecule has 1 heterocycles. The Balaban J connectivity index is 0. The summed E-state index contributed by atoms with van der Waals surface area (Å²) in [7, 11) is 0. The molecule has 1 aromatic heterocycles. The van der Waals surface area contributed by atoms with Gasteiger partial charge in [-0.05, 0) is 0 Å². The highest BCUT2D eigenvalue weighted by Crippen LogP contribution is 1.95. The number of halogens is 2. The molecule has 0 aliphatic carbocycles. The summed E-state index contributed by atoms with van der Waals surface area (Å²) in [6.07, 6.45) is 4.84. The molecule has 0 bridgehead atoms. The molecule has 1 unspecified atom stereocenters. The van der Waals surface area contributed by atoms with Crippen molar-refractivity contribution in [1.82, 2.24) is 15.3 Å². The van der Waals surface area contributed by atoms with Gasteiger partial charge < -0.3 is 16.4 Å². The summed E-state index contributed by atoms with van der Waals surface area (Å²) in [5.41, 5.74) is 5.37. The second-order valence-corrected chi connectivity index (χ2v) is 3.45. The van der Waals surface area contributed by atoms with E-state index in [-0.39, 0.29) is 36.6 Å². The average molecular weight is 296 g/mol. The molecule has 0 aliphatic heterocycles. The molecule has 104 valence electrons. The fourth-order valence-electron chi connectivity index (χ4n) is 1.05. The number of amides is 1. The van der Waals surface area contributed by atoms with E-state index >= 15 is 0 Å². The molecule has 4 N–H and O–H groups in total. The van der Waals surface area contributed by atoms with Crippen molar-refractivity contribution in [3.8, 4) is 0 Å². The monoisotopic (exact) mass is 295 g/mol. The number of carbonyl (C=O) groups is 1. The zero-order chi connectivity index (χ0) is 11.8. The maximum absolute atomic E-state index is 11.3. The molecular weight excluding hydrogens is 277 g/mol. The second kappa shape index (κ2) is 11.0. The third-order valence-corrected chi connectivity index (χ3v) is 2.09. The van der Waals surface area contributed by atoms with E-state index in [9.17, 15) is 4.79 Å². The predicted molar refractivity (Wildman–Crippen MR) is 76.2 cm³/mol. The van der Waals surface area contributed by atoms with Crippen LogP contribution in [-0.4, -0.2) is 35.5 Å². The summed E-state index contributed by atoms with van der Waals surface area (Å²) in [5.74, 6) is 0.531. The fraction of sp³-hybridized carbons (Fsp3) is 0.500. The van der Waals surface area contributed by atoms with E-state index in [1.165, 1.54) is 0 Å². The Morgan fingerprint density at radius 1 is 1.39 bits per heavy atom. The van der Waals surface area contributed by atoms with E-state index in [1.54, 1.807) is 25.5 Å². The molecule has 0 spiro atoms. The van der Waals surface area contributed by atoms with Gasteiger partial charge in [0.05, 0.1) is 6.20 Å². The van der Waals surface area contributed by atoms with Crippen molar-refractivity contribution in [3.05, 3.63) is 18.6 Å². The van der Waals surface area contributed by atoms with Crippen LogP contribution in [0.25, 0.3) is 0 Å². The lowest BCUT2D eigenvalue weighted by Gasteiger charge is -2.10. The van der Waals surface area contributed by atoms with E-state index in [4.69, 9.17) is 5.73 Å². The van der Waals surface area contributed by atoms with Crippen LogP contribution in [0.1, 0.15) is 6.92 Å². The molecule has 0 radical (unpaired) electrons. The number of nitrogens with zero attached hydrogens (tertiary/aromatic N) is 2. The predicted octanol–water partition coefficient (Wildman–Crippen LogP) is 0.443. The Bertz CT molecular complexity index is 325. The molecule has 1 aromatic rings. The molecule has 0 aromatic carbocycles. The van der Waals surface area contributed by atoms with Gasteiger partial charge >= 0.3 is 0 Å². The lowest BCUT2D eigenvalue weighted by atomic mass is 10.2. The smallest absolute Gasteiger partial charge is 0.224 e. The lowest BCUT2D eigenvalue weighted by Crippen LogP contribution is -2.35. The topological polar surface area (TPSA) is 92.9 Å². The minimum atomic E-state index is -0.142. The number of nitrogens with two attached hydrogens (primary N) is 1. The number of nitrogens with one attached hydrogen (secondary N) is 2. The van der Waals surface area contributed by atoms with Crippen LogP contribution in [0.15, 0.2) is 18.6 Å². The number of anilines is 1. The number of aromatic nitrogens is 2. The number of rotatable bonds is 6. The Kier molecular flexibility index (Phi) is 11.8. The van der Waals surface area contributed by atoms with Crippen LogP contribution in [0.3, 0.4) is 0 Å². The molecule has 0 aliphatic rings. The first-order chi connectivity index (χ1) is 7.74. The molecule has 1 amide bonds. The van der Waals surface area contributed by atoms with Crippen molar-refractivity contribution in [1.29, 1.82) is 0 Å². The second-order valence-electron chi connectivity index (χ2n) is 3.45. The molecule has 18 heavy (non-hydrogen) atoms. The van der Waals surface area contributed by atoms with Gasteiger partial charge in [0.25, 0.3) is 0 Å². The Morgan fingerprint density at radius 2 is 2.11 bits per heavy atom. The van der Waals surface area contributed by atoms with Crippen LogP contribution < -0.4 is 16.4 Å². The van der Waals surface area contributed by atoms with Gasteiger partial charge in [0.15, 0.2) is 0 Å². The molecule has 1 rings (SSSR count). The third kappa shape index (κ3) is 7.26. The number of hydrogen-bond donors (Lipinski definition) is 3. The van der Waals surface area contributed by atoms with Crippen molar-refractivity contribution in [2.75, 3.05) is 25.0 Å². The van der Waals surface area contributed by atoms with Gasteiger partial charge in [-0.25, -0.2) is 4.98 Å². The summed E-state index contributed by atoms with van der Waals surface area (Å²) in [4.78, 5) is 19.3. The van der Waals surface area contributed by atoms with Gasteiger partial charge in [-0.2, -0.15) is 0 Å². The van der Waals surface area contributed by atoms with E-state index < -0.39 is 0 Å². The standard InChI is InChI=1S/C10H17N5O.2ClH/c1-8(6-11)10(16)15-5-4-14-9-7-12-2-3-13-9;;/h2-3,7-8H,4-6,11H2,1H3,(H,13,14)(H,15,16);2*1H. The minimum absolute atomic E-state index is 0. The molecule has 8 heteroatoms. The van der Waals surface area contributed by atoms with Crippen LogP contribution in [0.5, 0.6) is 0 Å². The fourth-order valence-corrected chi connectivity index (χ4v) is 1.05. The van der Waals surface area contributed by atoms with Crippen molar-refractivity contribution in [2.45, 2.75) is 6.92 Å². The van der Waals surface area contributed by atoms with E-state index in [1.807, 2.05) is 0 Å². The summed E-state index contributed by atoms with van der Waals surface area (Å²) >= 11 is 0. The summed E-state index contributed by atoms with van der Waals surface area (Å²) < 4.78 is 0. The zero-order valence-corrected chi connectivity index (χ0v) is 11.8. The van der Waals surface area contributed by atoms with Crippen molar-refractivity contribution in [2.24, 2.45) is 11.7 Å². The van der Waals surface area contributed by atoms with Gasteiger partial charge in [-0.15, -0.1) is 24.8 Å². The minimum Gasteiger partial charge on any atom is -0.367 e. The molecular formula is C10H19Cl2N5O. The van der Waals surface area contributed by atoms with E-state index in [0.717, 1.165) is 0 Å². The van der Waals surface area contributed by atoms with Crippen molar-refractivity contribution >= 4 is 36.5 Å². The Hall–Kier alpha value is -1.11. The van der Waals surface area contributed by atoms with Crippen molar-refractivity contribution in [3.63, 3.8) is 0 Å². The van der Waals surface area contributed by atoms with Gasteiger partial charge in [0.1, 0.15) is 5.82 Å². The molecule has 0 fully saturated rings. The van der Waals surface area contributed by atoms with Gasteiger partial charge in [-0.1, -0.05) is 6.92 Å². The van der Waals surface area contributed by atoms with Gasteiger partial charge in [0.2, 0.25) is 5.91 Å². The molecule has 6 nitrogen and oxygen atoms in total. The lowest BCUT2D eigenvalue weighted by molar-refractivity contribution is -0.124. The highest BCUT2D eigenvalue weighted by Gasteiger charge is 2.08. The van der Waals surface area contributed by atoms with E-state index in [2.05, 4.69) is 20.6 Å². The highest BCUT2D eigenvalue weighted by atomic mass is 35.5. The van der Waals surface area contributed by atoms with E-state index in [0.29, 0.717) is 25.5 Å². The normalized spacial score (nSPS) is 10.6. The SMILES string of the molecule is CC(CN)C(=O)NCCNc1cnccn1.Cl.Cl. The summed E-state index contributed by atoms with van der Waals surface area (Å²) in [6.45, 7) is 3.32. The average Bonchev–Trinajstić information content (AvgIpc) is 2.34. The largest absolute Gasteiger partial charge is 0.367 e. The Labute approximate surface area is 119 Å². The summed E-state index contributed by atoms with van der Waals surface area (Å²) in [6, 6.07) is 0. The quantitative estimate of drug-likeness (QED) is 0.663. The zero-order valence-electron chi connectivity index (χ0n) is 10.1. The van der Waals surface area contributed by atoms with Crippen LogP contribution >= 0.6 is 24.8 Å². The van der Waals surface area contributed by atoms with Crippen LogP contribution in [0, 0.1) is 5.92 Å². The van der Waals surface area contributed by atoms with Crippen molar-refractivity contribution < 1.29 is 4.79 Å².